The number of nitrogens with zero attached hydrogens (tertiary/aromatic N) is 3. The van der Waals surface area contributed by atoms with Crippen LogP contribution in [-0.2, 0) is 16.6 Å². The molecule has 1 atom stereocenters. The Balaban J connectivity index is 1.66. The molecule has 6 heteroatoms. The minimum Gasteiger partial charge on any atom is -0.395 e. The van der Waals surface area contributed by atoms with Gasteiger partial charge in [-0.25, -0.2) is 0 Å². The van der Waals surface area contributed by atoms with E-state index in [4.69, 9.17) is 9.78 Å². The van der Waals surface area contributed by atoms with Gasteiger partial charge in [0.2, 0.25) is 0 Å². The topological polar surface area (TPSA) is 90.4 Å². The summed E-state index contributed by atoms with van der Waals surface area (Å²) in [6, 6.07) is 10.9. The van der Waals surface area contributed by atoms with E-state index in [1.165, 1.54) is 0 Å². The third kappa shape index (κ3) is 3.42. The lowest BCUT2D eigenvalue weighted by Crippen LogP contribution is -2.53. The molecule has 1 aromatic carbocycles. The number of aliphatic hydroxyl groups is 1. The number of hydrogen-bond acceptors (Lipinski definition) is 6. The molecule has 2 aromatic rings. The number of anilines is 1. The van der Waals surface area contributed by atoms with Crippen LogP contribution >= 0.6 is 0 Å². The monoisotopic (exact) mass is 339 g/mol. The normalized spacial score (nSPS) is 17.0. The smallest absolute Gasteiger partial charge is 0.162 e. The number of Topliss-reactive ketones (excluding diaryl/α,β-unsaturated/α-hetero) is 1. The van der Waals surface area contributed by atoms with Crippen molar-refractivity contribution in [2.45, 2.75) is 38.1 Å². The number of carbonyl (C=O) groups excluding carboxylic acids is 1. The van der Waals surface area contributed by atoms with E-state index in [0.717, 1.165) is 18.7 Å². The SMILES string of the molecule is CC(C)(CO)c1cc(CC(=O)[C@@H]2CCN2c2ccc(C#N)cc2)on1. The van der Waals surface area contributed by atoms with E-state index in [0.29, 0.717) is 17.0 Å². The number of hydrogen-bond donors (Lipinski definition) is 1. The summed E-state index contributed by atoms with van der Waals surface area (Å²) in [6.45, 7) is 4.52. The van der Waals surface area contributed by atoms with E-state index in [-0.39, 0.29) is 24.9 Å². The average molecular weight is 339 g/mol. The molecule has 6 nitrogen and oxygen atoms in total. The van der Waals surface area contributed by atoms with E-state index in [2.05, 4.69) is 11.2 Å². The van der Waals surface area contributed by atoms with Gasteiger partial charge in [-0.1, -0.05) is 19.0 Å². The van der Waals surface area contributed by atoms with Gasteiger partial charge >= 0.3 is 0 Å². The van der Waals surface area contributed by atoms with Crippen molar-refractivity contribution in [3.63, 3.8) is 0 Å². The number of benzene rings is 1. The van der Waals surface area contributed by atoms with Gasteiger partial charge in [-0.3, -0.25) is 4.79 Å². The van der Waals surface area contributed by atoms with Crippen molar-refractivity contribution >= 4 is 11.5 Å². The van der Waals surface area contributed by atoms with Crippen molar-refractivity contribution in [2.75, 3.05) is 18.1 Å². The van der Waals surface area contributed by atoms with E-state index in [9.17, 15) is 9.90 Å². The van der Waals surface area contributed by atoms with Crippen LogP contribution in [0.15, 0.2) is 34.9 Å². The Labute approximate surface area is 146 Å². The number of aromatic nitrogens is 1. The van der Waals surface area contributed by atoms with Gasteiger partial charge < -0.3 is 14.5 Å². The number of rotatable bonds is 6. The van der Waals surface area contributed by atoms with Crippen LogP contribution in [0.2, 0.25) is 0 Å². The molecule has 1 fully saturated rings. The van der Waals surface area contributed by atoms with E-state index in [1.54, 1.807) is 18.2 Å². The zero-order chi connectivity index (χ0) is 18.0. The largest absolute Gasteiger partial charge is 0.395 e. The summed E-state index contributed by atoms with van der Waals surface area (Å²) in [6.07, 6.45) is 0.994. The van der Waals surface area contributed by atoms with E-state index < -0.39 is 5.41 Å². The van der Waals surface area contributed by atoms with Gasteiger partial charge in [0.05, 0.1) is 36.4 Å². The van der Waals surface area contributed by atoms with Crippen molar-refractivity contribution < 1.29 is 14.4 Å². The highest BCUT2D eigenvalue weighted by Crippen LogP contribution is 2.28. The predicted molar refractivity (Wildman–Crippen MR) is 92.2 cm³/mol. The lowest BCUT2D eigenvalue weighted by Gasteiger charge is -2.41. The molecule has 0 spiro atoms. The van der Waals surface area contributed by atoms with Crippen molar-refractivity contribution in [1.82, 2.24) is 5.16 Å². The van der Waals surface area contributed by atoms with Gasteiger partial charge in [0, 0.05) is 23.7 Å². The van der Waals surface area contributed by atoms with Crippen LogP contribution in [0.3, 0.4) is 0 Å². The summed E-state index contributed by atoms with van der Waals surface area (Å²) in [5.41, 5.74) is 1.71. The van der Waals surface area contributed by atoms with Crippen LogP contribution in [-0.4, -0.2) is 35.2 Å². The second-order valence-corrected chi connectivity index (χ2v) is 7.02. The molecular weight excluding hydrogens is 318 g/mol. The minimum absolute atomic E-state index is 0.0397. The first kappa shape index (κ1) is 17.2. The molecule has 2 heterocycles. The molecule has 0 saturated carbocycles. The summed E-state index contributed by atoms with van der Waals surface area (Å²) in [4.78, 5) is 14.6. The molecule has 0 radical (unpaired) electrons. The Kier molecular flexibility index (Phi) is 4.60. The fraction of sp³-hybridized carbons (Fsp3) is 0.421. The van der Waals surface area contributed by atoms with Gasteiger partial charge in [-0.15, -0.1) is 0 Å². The number of aliphatic hydroxyl groups excluding tert-OH is 1. The molecule has 0 aliphatic carbocycles. The maximum atomic E-state index is 12.6. The van der Waals surface area contributed by atoms with Crippen LogP contribution in [0, 0.1) is 11.3 Å². The van der Waals surface area contributed by atoms with Gasteiger partial charge in [-0.2, -0.15) is 5.26 Å². The predicted octanol–water partition coefficient (Wildman–Crippen LogP) is 2.21. The molecule has 1 saturated heterocycles. The van der Waals surface area contributed by atoms with Crippen molar-refractivity contribution in [3.8, 4) is 6.07 Å². The molecule has 0 bridgehead atoms. The Morgan fingerprint density at radius 1 is 1.44 bits per heavy atom. The third-order valence-corrected chi connectivity index (χ3v) is 4.72. The Morgan fingerprint density at radius 2 is 2.16 bits per heavy atom. The van der Waals surface area contributed by atoms with Crippen LogP contribution in [0.4, 0.5) is 5.69 Å². The number of ketones is 1. The molecule has 130 valence electrons. The maximum absolute atomic E-state index is 12.6. The average Bonchev–Trinajstić information content (AvgIpc) is 3.03. The summed E-state index contributed by atoms with van der Waals surface area (Å²) in [5.74, 6) is 0.605. The molecule has 3 rings (SSSR count). The van der Waals surface area contributed by atoms with Crippen molar-refractivity contribution in [3.05, 3.63) is 47.3 Å². The third-order valence-electron chi connectivity index (χ3n) is 4.72. The molecule has 1 aromatic heterocycles. The van der Waals surface area contributed by atoms with Crippen LogP contribution in [0.1, 0.15) is 37.3 Å². The first-order valence-corrected chi connectivity index (χ1v) is 8.31. The van der Waals surface area contributed by atoms with Crippen molar-refractivity contribution in [2.24, 2.45) is 0 Å². The Bertz CT molecular complexity index is 802. The fourth-order valence-corrected chi connectivity index (χ4v) is 2.84. The summed E-state index contributed by atoms with van der Waals surface area (Å²) < 4.78 is 5.28. The first-order chi connectivity index (χ1) is 11.9. The van der Waals surface area contributed by atoms with Gasteiger partial charge in [0.25, 0.3) is 0 Å². The number of nitriles is 1. The second kappa shape index (κ2) is 6.69. The molecular formula is C19H21N3O3. The molecule has 1 aliphatic heterocycles. The summed E-state index contributed by atoms with van der Waals surface area (Å²) in [7, 11) is 0. The highest BCUT2D eigenvalue weighted by Gasteiger charge is 2.35. The summed E-state index contributed by atoms with van der Waals surface area (Å²) in [5, 5.41) is 22.2. The second-order valence-electron chi connectivity index (χ2n) is 7.02. The first-order valence-electron chi connectivity index (χ1n) is 8.31. The Hall–Kier alpha value is -2.65. The van der Waals surface area contributed by atoms with Crippen LogP contribution in [0.5, 0.6) is 0 Å². The van der Waals surface area contributed by atoms with Gasteiger partial charge in [0.15, 0.2) is 5.78 Å². The minimum atomic E-state index is -0.490. The fourth-order valence-electron chi connectivity index (χ4n) is 2.84. The van der Waals surface area contributed by atoms with Crippen molar-refractivity contribution in [1.29, 1.82) is 5.26 Å². The Morgan fingerprint density at radius 3 is 2.72 bits per heavy atom. The lowest BCUT2D eigenvalue weighted by atomic mass is 9.90. The molecule has 0 unspecified atom stereocenters. The lowest BCUT2D eigenvalue weighted by molar-refractivity contribution is -0.121. The van der Waals surface area contributed by atoms with E-state index >= 15 is 0 Å². The quantitative estimate of drug-likeness (QED) is 0.868. The highest BCUT2D eigenvalue weighted by atomic mass is 16.5. The van der Waals surface area contributed by atoms with Gasteiger partial charge in [-0.05, 0) is 30.7 Å². The zero-order valence-electron chi connectivity index (χ0n) is 14.4. The molecule has 1 aliphatic rings. The molecule has 25 heavy (non-hydrogen) atoms. The van der Waals surface area contributed by atoms with Crippen LogP contribution in [0.25, 0.3) is 0 Å². The number of carbonyl (C=O) groups is 1. The standard InChI is InChI=1S/C19H21N3O3/c1-19(2,12-23)18-10-15(25-21-18)9-17(24)16-7-8-22(16)14-5-3-13(11-20)4-6-14/h3-6,10,16,23H,7-9,12H2,1-2H3/t16-/m0/s1. The molecule has 1 N–H and O–H groups in total. The molecule has 0 amide bonds. The maximum Gasteiger partial charge on any atom is 0.162 e. The zero-order valence-corrected chi connectivity index (χ0v) is 14.4. The van der Waals surface area contributed by atoms with E-state index in [1.807, 2.05) is 30.9 Å². The van der Waals surface area contributed by atoms with Crippen LogP contribution < -0.4 is 4.90 Å². The van der Waals surface area contributed by atoms with Gasteiger partial charge in [0.1, 0.15) is 5.76 Å². The highest BCUT2D eigenvalue weighted by molar-refractivity contribution is 5.90. The summed E-state index contributed by atoms with van der Waals surface area (Å²) >= 11 is 0.